The second-order valence-corrected chi connectivity index (χ2v) is 6.49. The van der Waals surface area contributed by atoms with Gasteiger partial charge in [0.05, 0.1) is 5.56 Å². The highest BCUT2D eigenvalue weighted by Crippen LogP contribution is 2.29. The van der Waals surface area contributed by atoms with E-state index in [0.29, 0.717) is 49.5 Å². The summed E-state index contributed by atoms with van der Waals surface area (Å²) in [6.45, 7) is 3.65. The molecule has 0 aliphatic carbocycles. The monoisotopic (exact) mass is 381 g/mol. The van der Waals surface area contributed by atoms with E-state index in [1.54, 1.807) is 17.9 Å². The number of benzene rings is 1. The molecule has 0 bridgehead atoms. The maximum absolute atomic E-state index is 13.5. The maximum atomic E-state index is 13.5. The van der Waals surface area contributed by atoms with Crippen molar-refractivity contribution in [3.8, 4) is 0 Å². The molecule has 0 saturated carbocycles. The Morgan fingerprint density at radius 1 is 1.07 bits per heavy atom. The Bertz CT molecular complexity index is 821. The third-order valence-corrected chi connectivity index (χ3v) is 4.61. The molecule has 1 aliphatic heterocycles. The molecule has 2 aromatic rings. The molecule has 3 rings (SSSR count). The van der Waals surface area contributed by atoms with E-state index in [4.69, 9.17) is 0 Å². The number of carbonyl (C=O) groups excluding carboxylic acids is 1. The molecule has 0 N–H and O–H groups in total. The number of halogens is 4. The van der Waals surface area contributed by atoms with Gasteiger partial charge in [0.15, 0.2) is 0 Å². The first kappa shape index (κ1) is 19.1. The zero-order valence-corrected chi connectivity index (χ0v) is 14.8. The van der Waals surface area contributed by atoms with Crippen molar-refractivity contribution in [1.29, 1.82) is 0 Å². The summed E-state index contributed by atoms with van der Waals surface area (Å²) < 4.78 is 51.5. The minimum atomic E-state index is -4.42. The van der Waals surface area contributed by atoms with Gasteiger partial charge in [0.25, 0.3) is 5.91 Å². The summed E-state index contributed by atoms with van der Waals surface area (Å²) in [4.78, 5) is 20.1. The topological polar surface area (TPSA) is 36.4 Å². The van der Waals surface area contributed by atoms with Crippen LogP contribution in [0.15, 0.2) is 36.5 Å². The fourth-order valence-corrected chi connectivity index (χ4v) is 3.09. The van der Waals surface area contributed by atoms with Gasteiger partial charge in [-0.2, -0.15) is 13.2 Å². The van der Waals surface area contributed by atoms with E-state index < -0.39 is 17.6 Å². The van der Waals surface area contributed by atoms with Crippen molar-refractivity contribution in [2.24, 2.45) is 0 Å². The van der Waals surface area contributed by atoms with Gasteiger partial charge >= 0.3 is 6.18 Å². The Balaban J connectivity index is 1.70. The minimum Gasteiger partial charge on any atom is -0.355 e. The van der Waals surface area contributed by atoms with Crippen LogP contribution in [0.1, 0.15) is 27.9 Å². The number of pyridine rings is 1. The summed E-state index contributed by atoms with van der Waals surface area (Å²) in [6, 6.07) is 6.46. The highest BCUT2D eigenvalue weighted by molar-refractivity contribution is 5.95. The Hall–Kier alpha value is -2.64. The number of hydrogen-bond donors (Lipinski definition) is 0. The molecule has 1 aromatic carbocycles. The third-order valence-electron chi connectivity index (χ3n) is 4.61. The van der Waals surface area contributed by atoms with E-state index in [0.717, 1.165) is 12.3 Å². The largest absolute Gasteiger partial charge is 0.417 e. The van der Waals surface area contributed by atoms with Crippen molar-refractivity contribution >= 4 is 11.7 Å². The van der Waals surface area contributed by atoms with Crippen molar-refractivity contribution in [3.05, 3.63) is 59.0 Å². The standard InChI is InChI=1S/C19H19F4N3O/c1-13-3-5-15(20)11-16(13)18(27)26-8-2-7-25(9-10-26)17-6-4-14(12-24-17)19(21,22)23/h3-6,11-12H,2,7-10H2,1H3. The minimum absolute atomic E-state index is 0.241. The van der Waals surface area contributed by atoms with Crippen LogP contribution in [0, 0.1) is 12.7 Å². The second kappa shape index (κ2) is 7.54. The summed E-state index contributed by atoms with van der Waals surface area (Å²) >= 11 is 0. The van der Waals surface area contributed by atoms with E-state index in [1.165, 1.54) is 18.2 Å². The molecule has 1 fully saturated rings. The average Bonchev–Trinajstić information content (AvgIpc) is 2.89. The molecule has 8 heteroatoms. The molecule has 144 valence electrons. The second-order valence-electron chi connectivity index (χ2n) is 6.49. The lowest BCUT2D eigenvalue weighted by atomic mass is 10.1. The van der Waals surface area contributed by atoms with Crippen LogP contribution < -0.4 is 4.90 Å². The third kappa shape index (κ3) is 4.37. The van der Waals surface area contributed by atoms with Gasteiger partial charge in [-0.15, -0.1) is 0 Å². The number of aromatic nitrogens is 1. The Morgan fingerprint density at radius 3 is 2.52 bits per heavy atom. The molecule has 0 spiro atoms. The lowest BCUT2D eigenvalue weighted by Gasteiger charge is -2.23. The van der Waals surface area contributed by atoms with E-state index in [2.05, 4.69) is 4.98 Å². The fraction of sp³-hybridized carbons (Fsp3) is 0.368. The molecule has 1 saturated heterocycles. The number of nitrogens with zero attached hydrogens (tertiary/aromatic N) is 3. The van der Waals surface area contributed by atoms with E-state index >= 15 is 0 Å². The molecule has 1 aliphatic rings. The van der Waals surface area contributed by atoms with Gasteiger partial charge in [0, 0.05) is 37.9 Å². The SMILES string of the molecule is Cc1ccc(F)cc1C(=O)N1CCCN(c2ccc(C(F)(F)F)cn2)CC1. The summed E-state index contributed by atoms with van der Waals surface area (Å²) in [5.41, 5.74) is 0.238. The van der Waals surface area contributed by atoms with Gasteiger partial charge in [0.1, 0.15) is 11.6 Å². The number of amides is 1. The maximum Gasteiger partial charge on any atom is 0.417 e. The molecule has 0 unspecified atom stereocenters. The molecular weight excluding hydrogens is 362 g/mol. The van der Waals surface area contributed by atoms with Crippen molar-refractivity contribution in [3.63, 3.8) is 0 Å². The molecule has 1 aromatic heterocycles. The molecule has 1 amide bonds. The molecule has 2 heterocycles. The molecule has 4 nitrogen and oxygen atoms in total. The lowest BCUT2D eigenvalue weighted by molar-refractivity contribution is -0.137. The Kier molecular flexibility index (Phi) is 5.34. The van der Waals surface area contributed by atoms with Crippen molar-refractivity contribution in [1.82, 2.24) is 9.88 Å². The van der Waals surface area contributed by atoms with Gasteiger partial charge in [-0.25, -0.2) is 9.37 Å². The van der Waals surface area contributed by atoms with Crippen molar-refractivity contribution in [2.75, 3.05) is 31.1 Å². The number of hydrogen-bond acceptors (Lipinski definition) is 3. The van der Waals surface area contributed by atoms with Gasteiger partial charge in [-0.05, 0) is 43.2 Å². The fourth-order valence-electron chi connectivity index (χ4n) is 3.09. The summed E-state index contributed by atoms with van der Waals surface area (Å²) in [7, 11) is 0. The smallest absolute Gasteiger partial charge is 0.355 e. The number of rotatable bonds is 2. The molecule has 27 heavy (non-hydrogen) atoms. The van der Waals surface area contributed by atoms with Crippen LogP contribution in [0.25, 0.3) is 0 Å². The summed E-state index contributed by atoms with van der Waals surface area (Å²) in [5.74, 6) is -0.261. The van der Waals surface area contributed by atoms with Gasteiger partial charge in [-0.3, -0.25) is 4.79 Å². The summed E-state index contributed by atoms with van der Waals surface area (Å²) in [5, 5.41) is 0. The normalized spacial score (nSPS) is 15.6. The van der Waals surface area contributed by atoms with Gasteiger partial charge in [0.2, 0.25) is 0 Å². The molecule has 0 atom stereocenters. The predicted molar refractivity (Wildman–Crippen MR) is 93.1 cm³/mol. The van der Waals surface area contributed by atoms with E-state index in [1.807, 2.05) is 4.90 Å². The van der Waals surface area contributed by atoms with E-state index in [9.17, 15) is 22.4 Å². The zero-order valence-electron chi connectivity index (χ0n) is 14.8. The van der Waals surface area contributed by atoms with Crippen molar-refractivity contribution in [2.45, 2.75) is 19.5 Å². The first-order valence-electron chi connectivity index (χ1n) is 8.59. The van der Waals surface area contributed by atoms with Crippen LogP contribution in [0.4, 0.5) is 23.4 Å². The molecular formula is C19H19F4N3O. The van der Waals surface area contributed by atoms with Crippen molar-refractivity contribution < 1.29 is 22.4 Å². The number of carbonyl (C=O) groups is 1. The quantitative estimate of drug-likeness (QED) is 0.741. The van der Waals surface area contributed by atoms with Gasteiger partial charge in [-0.1, -0.05) is 6.07 Å². The number of aryl methyl sites for hydroxylation is 1. The average molecular weight is 381 g/mol. The van der Waals surface area contributed by atoms with Crippen LogP contribution in [0.2, 0.25) is 0 Å². The highest BCUT2D eigenvalue weighted by Gasteiger charge is 2.31. The van der Waals surface area contributed by atoms with Crippen LogP contribution in [0.3, 0.4) is 0 Å². The van der Waals surface area contributed by atoms with Crippen LogP contribution >= 0.6 is 0 Å². The summed E-state index contributed by atoms with van der Waals surface area (Å²) in [6.07, 6.45) is -2.96. The predicted octanol–water partition coefficient (Wildman–Crippen LogP) is 3.90. The van der Waals surface area contributed by atoms with Crippen LogP contribution in [-0.4, -0.2) is 42.0 Å². The number of anilines is 1. The van der Waals surface area contributed by atoms with Gasteiger partial charge < -0.3 is 9.80 Å². The first-order chi connectivity index (χ1) is 12.8. The van der Waals surface area contributed by atoms with Crippen LogP contribution in [-0.2, 0) is 6.18 Å². The Labute approximate surface area is 154 Å². The highest BCUT2D eigenvalue weighted by atomic mass is 19.4. The number of alkyl halides is 3. The zero-order chi connectivity index (χ0) is 19.6. The Morgan fingerprint density at radius 2 is 1.85 bits per heavy atom. The van der Waals surface area contributed by atoms with E-state index in [-0.39, 0.29) is 5.91 Å². The molecule has 0 radical (unpaired) electrons. The van der Waals surface area contributed by atoms with Crippen LogP contribution in [0.5, 0.6) is 0 Å². The first-order valence-corrected chi connectivity index (χ1v) is 8.59. The lowest BCUT2D eigenvalue weighted by Crippen LogP contribution is -2.35.